The average Bonchev–Trinajstić information content (AvgIpc) is 1.99. The molecule has 1 heteroatoms. The zero-order valence-electron chi connectivity index (χ0n) is 7.67. The molecular formula is C10H18S. The number of allylic oxidation sites excluding steroid dienone is 3. The van der Waals surface area contributed by atoms with E-state index in [1.165, 1.54) is 5.57 Å². The zero-order chi connectivity index (χ0) is 8.85. The van der Waals surface area contributed by atoms with Crippen molar-refractivity contribution in [2.45, 2.75) is 20.8 Å². The van der Waals surface area contributed by atoms with Crippen LogP contribution in [0.4, 0.5) is 0 Å². The van der Waals surface area contributed by atoms with Gasteiger partial charge in [-0.15, -0.1) is 0 Å². The summed E-state index contributed by atoms with van der Waals surface area (Å²) in [6.45, 7) is 10.3. The van der Waals surface area contributed by atoms with Gasteiger partial charge < -0.3 is 0 Å². The van der Waals surface area contributed by atoms with Gasteiger partial charge in [0.15, 0.2) is 0 Å². The van der Waals surface area contributed by atoms with Crippen LogP contribution >= 0.6 is 12.6 Å². The Morgan fingerprint density at radius 3 is 2.27 bits per heavy atom. The van der Waals surface area contributed by atoms with E-state index in [-0.39, 0.29) is 0 Å². The monoisotopic (exact) mass is 170 g/mol. The van der Waals surface area contributed by atoms with Gasteiger partial charge in [0.1, 0.15) is 0 Å². The van der Waals surface area contributed by atoms with Crippen molar-refractivity contribution in [3.05, 3.63) is 24.3 Å². The van der Waals surface area contributed by atoms with Gasteiger partial charge in [0.25, 0.3) is 0 Å². The second-order valence-corrected chi connectivity index (χ2v) is 3.55. The highest BCUT2D eigenvalue weighted by Gasteiger charge is 2.00. The molecule has 0 aliphatic carbocycles. The smallest absolute Gasteiger partial charge is 0.00373 e. The largest absolute Gasteiger partial charge is 0.179 e. The molecule has 0 fully saturated rings. The molecule has 0 nitrogen and oxygen atoms in total. The lowest BCUT2D eigenvalue weighted by Crippen LogP contribution is -1.97. The van der Waals surface area contributed by atoms with Crippen LogP contribution in [0.15, 0.2) is 24.3 Å². The van der Waals surface area contributed by atoms with Gasteiger partial charge >= 0.3 is 0 Å². The van der Waals surface area contributed by atoms with E-state index in [2.05, 4.69) is 46.1 Å². The van der Waals surface area contributed by atoms with Crippen LogP contribution in [0.1, 0.15) is 20.8 Å². The zero-order valence-corrected chi connectivity index (χ0v) is 8.57. The molecule has 0 N–H and O–H groups in total. The van der Waals surface area contributed by atoms with Gasteiger partial charge in [0, 0.05) is 0 Å². The number of thiol groups is 1. The molecule has 0 aromatic heterocycles. The molecule has 0 radical (unpaired) electrons. The van der Waals surface area contributed by atoms with Crippen LogP contribution in [0.2, 0.25) is 0 Å². The SMILES string of the molecule is C=C/C(=C\C(C)CS)C(C)C. The molecule has 11 heavy (non-hydrogen) atoms. The maximum absolute atomic E-state index is 4.22. The normalized spacial score (nSPS) is 15.2. The lowest BCUT2D eigenvalue weighted by molar-refractivity contribution is 0.755. The Balaban J connectivity index is 4.22. The Kier molecular flexibility index (Phi) is 5.39. The van der Waals surface area contributed by atoms with E-state index in [1.807, 2.05) is 6.08 Å². The maximum Gasteiger partial charge on any atom is -0.00373 e. The fourth-order valence-corrected chi connectivity index (χ4v) is 0.983. The van der Waals surface area contributed by atoms with Crippen LogP contribution in [0.5, 0.6) is 0 Å². The first-order valence-electron chi connectivity index (χ1n) is 4.06. The number of hydrogen-bond acceptors (Lipinski definition) is 1. The fraction of sp³-hybridized carbons (Fsp3) is 0.600. The molecular weight excluding hydrogens is 152 g/mol. The van der Waals surface area contributed by atoms with Gasteiger partial charge in [0.2, 0.25) is 0 Å². The third-order valence-electron chi connectivity index (χ3n) is 1.67. The Labute approximate surface area is 75.8 Å². The van der Waals surface area contributed by atoms with Gasteiger partial charge in [-0.05, 0) is 23.2 Å². The Hall–Kier alpha value is -0.170. The van der Waals surface area contributed by atoms with E-state index in [9.17, 15) is 0 Å². The van der Waals surface area contributed by atoms with E-state index in [0.717, 1.165) is 5.75 Å². The molecule has 0 aromatic rings. The summed E-state index contributed by atoms with van der Waals surface area (Å²) in [6.07, 6.45) is 4.18. The van der Waals surface area contributed by atoms with Gasteiger partial charge in [-0.1, -0.05) is 39.5 Å². The van der Waals surface area contributed by atoms with Crippen molar-refractivity contribution in [2.24, 2.45) is 11.8 Å². The van der Waals surface area contributed by atoms with Crippen molar-refractivity contribution >= 4 is 12.6 Å². The van der Waals surface area contributed by atoms with Crippen LogP contribution in [0, 0.1) is 11.8 Å². The Morgan fingerprint density at radius 1 is 1.45 bits per heavy atom. The standard InChI is InChI=1S/C10H18S/c1-5-10(8(2)3)6-9(4)7-11/h5-6,8-9,11H,1,7H2,2-4H3/b10-6+. The van der Waals surface area contributed by atoms with Gasteiger partial charge in [0.05, 0.1) is 0 Å². The predicted molar refractivity (Wildman–Crippen MR) is 56.1 cm³/mol. The van der Waals surface area contributed by atoms with Gasteiger partial charge in [-0.25, -0.2) is 0 Å². The van der Waals surface area contributed by atoms with Crippen molar-refractivity contribution in [1.82, 2.24) is 0 Å². The molecule has 0 aromatic carbocycles. The Morgan fingerprint density at radius 2 is 2.00 bits per heavy atom. The van der Waals surface area contributed by atoms with E-state index in [1.54, 1.807) is 0 Å². The summed E-state index contributed by atoms with van der Waals surface area (Å²) in [5, 5.41) is 0. The molecule has 0 bridgehead atoms. The highest BCUT2D eigenvalue weighted by Crippen LogP contribution is 2.14. The summed E-state index contributed by atoms with van der Waals surface area (Å²) >= 11 is 4.22. The molecule has 0 saturated heterocycles. The van der Waals surface area contributed by atoms with E-state index >= 15 is 0 Å². The summed E-state index contributed by atoms with van der Waals surface area (Å²) in [6, 6.07) is 0. The van der Waals surface area contributed by atoms with Crippen molar-refractivity contribution in [2.75, 3.05) is 5.75 Å². The third-order valence-corrected chi connectivity index (χ3v) is 2.24. The summed E-state index contributed by atoms with van der Waals surface area (Å²) in [5.41, 5.74) is 1.33. The minimum Gasteiger partial charge on any atom is -0.179 e. The second-order valence-electron chi connectivity index (χ2n) is 3.19. The molecule has 0 rings (SSSR count). The molecule has 0 aliphatic rings. The third kappa shape index (κ3) is 4.31. The van der Waals surface area contributed by atoms with Crippen LogP contribution in [-0.2, 0) is 0 Å². The van der Waals surface area contributed by atoms with Crippen molar-refractivity contribution in [3.63, 3.8) is 0 Å². The fourth-order valence-electron chi connectivity index (χ4n) is 0.877. The first-order valence-corrected chi connectivity index (χ1v) is 4.70. The van der Waals surface area contributed by atoms with E-state index in [4.69, 9.17) is 0 Å². The van der Waals surface area contributed by atoms with Crippen LogP contribution in [-0.4, -0.2) is 5.75 Å². The highest BCUT2D eigenvalue weighted by atomic mass is 32.1. The highest BCUT2D eigenvalue weighted by molar-refractivity contribution is 7.80. The average molecular weight is 170 g/mol. The van der Waals surface area contributed by atoms with Crippen LogP contribution in [0.25, 0.3) is 0 Å². The summed E-state index contributed by atoms with van der Waals surface area (Å²) in [5.74, 6) is 2.04. The molecule has 1 atom stereocenters. The lowest BCUT2D eigenvalue weighted by Gasteiger charge is -2.08. The second kappa shape index (κ2) is 5.48. The molecule has 0 amide bonds. The van der Waals surface area contributed by atoms with Crippen LogP contribution < -0.4 is 0 Å². The first-order chi connectivity index (χ1) is 5.11. The van der Waals surface area contributed by atoms with Crippen LogP contribution in [0.3, 0.4) is 0 Å². The Bertz CT molecular complexity index is 145. The first kappa shape index (κ1) is 10.8. The van der Waals surface area contributed by atoms with E-state index < -0.39 is 0 Å². The molecule has 0 saturated carbocycles. The quantitative estimate of drug-likeness (QED) is 0.485. The van der Waals surface area contributed by atoms with Gasteiger partial charge in [-0.3, -0.25) is 0 Å². The molecule has 1 unspecified atom stereocenters. The minimum atomic E-state index is 0.550. The number of rotatable bonds is 4. The molecule has 64 valence electrons. The molecule has 0 aliphatic heterocycles. The summed E-state index contributed by atoms with van der Waals surface area (Å²) in [4.78, 5) is 0. The topological polar surface area (TPSA) is 0 Å². The molecule has 0 spiro atoms. The molecule has 0 heterocycles. The maximum atomic E-state index is 4.22. The summed E-state index contributed by atoms with van der Waals surface area (Å²) in [7, 11) is 0. The van der Waals surface area contributed by atoms with Crippen molar-refractivity contribution < 1.29 is 0 Å². The summed E-state index contributed by atoms with van der Waals surface area (Å²) < 4.78 is 0. The predicted octanol–water partition coefficient (Wildman–Crippen LogP) is 3.32. The minimum absolute atomic E-state index is 0.550. The van der Waals surface area contributed by atoms with E-state index in [0.29, 0.717) is 11.8 Å². The number of hydrogen-bond donors (Lipinski definition) is 1. The lowest BCUT2D eigenvalue weighted by atomic mass is 9.99. The van der Waals surface area contributed by atoms with Crippen molar-refractivity contribution in [1.29, 1.82) is 0 Å². The van der Waals surface area contributed by atoms with Crippen molar-refractivity contribution in [3.8, 4) is 0 Å². The van der Waals surface area contributed by atoms with Gasteiger partial charge in [-0.2, -0.15) is 12.6 Å².